The third kappa shape index (κ3) is 1.48. The molecule has 0 aromatic heterocycles. The predicted molar refractivity (Wildman–Crippen MR) is 55.4 cm³/mol. The van der Waals surface area contributed by atoms with Crippen LogP contribution in [0.15, 0.2) is 6.07 Å². The van der Waals surface area contributed by atoms with E-state index in [1.807, 2.05) is 0 Å². The van der Waals surface area contributed by atoms with E-state index in [2.05, 4.69) is 0 Å². The van der Waals surface area contributed by atoms with Crippen LogP contribution >= 0.6 is 0 Å². The van der Waals surface area contributed by atoms with Gasteiger partial charge in [0.25, 0.3) is 0 Å². The molecule has 1 fully saturated rings. The maximum atomic E-state index is 13.7. The van der Waals surface area contributed by atoms with Crippen LogP contribution in [0.2, 0.25) is 0 Å². The van der Waals surface area contributed by atoms with Crippen molar-refractivity contribution in [3.63, 3.8) is 0 Å². The van der Waals surface area contributed by atoms with E-state index in [1.165, 1.54) is 0 Å². The Morgan fingerprint density at radius 1 is 1.31 bits per heavy atom. The third-order valence-electron chi connectivity index (χ3n) is 3.42. The normalized spacial score (nSPS) is 20.4. The minimum Gasteiger partial charge on any atom is -0.490 e. The molecule has 0 atom stereocenters. The summed E-state index contributed by atoms with van der Waals surface area (Å²) in [6.45, 7) is 0.431. The van der Waals surface area contributed by atoms with Gasteiger partial charge in [-0.25, -0.2) is 8.78 Å². The van der Waals surface area contributed by atoms with Crippen molar-refractivity contribution >= 4 is 0 Å². The first-order chi connectivity index (χ1) is 7.59. The fourth-order valence-electron chi connectivity index (χ4n) is 2.25. The second-order valence-electron chi connectivity index (χ2n) is 4.76. The molecular formula is C12H13F2NO. The molecule has 86 valence electrons. The number of halogens is 2. The molecule has 0 saturated heterocycles. The van der Waals surface area contributed by atoms with E-state index in [0.717, 1.165) is 18.9 Å². The molecule has 16 heavy (non-hydrogen) atoms. The van der Waals surface area contributed by atoms with Gasteiger partial charge in [0.15, 0.2) is 11.6 Å². The van der Waals surface area contributed by atoms with Crippen LogP contribution in [0.3, 0.4) is 0 Å². The molecule has 2 aliphatic rings. The van der Waals surface area contributed by atoms with Gasteiger partial charge in [0.1, 0.15) is 5.82 Å². The van der Waals surface area contributed by atoms with Crippen molar-refractivity contribution in [1.29, 1.82) is 0 Å². The molecule has 2 N–H and O–H groups in total. The monoisotopic (exact) mass is 225 g/mol. The Balaban J connectivity index is 2.06. The second kappa shape index (κ2) is 3.17. The van der Waals surface area contributed by atoms with Gasteiger partial charge in [-0.1, -0.05) is 0 Å². The molecule has 1 heterocycles. The first kappa shape index (κ1) is 10.0. The highest BCUT2D eigenvalue weighted by molar-refractivity contribution is 5.46. The van der Waals surface area contributed by atoms with Crippen LogP contribution in [0.1, 0.15) is 24.0 Å². The van der Waals surface area contributed by atoms with E-state index in [-0.39, 0.29) is 11.3 Å². The van der Waals surface area contributed by atoms with E-state index in [0.29, 0.717) is 30.6 Å². The summed E-state index contributed by atoms with van der Waals surface area (Å²) in [5.74, 6) is -0.866. The summed E-state index contributed by atoms with van der Waals surface area (Å²) >= 11 is 0. The minimum absolute atomic E-state index is 0.223. The number of hydrogen-bond acceptors (Lipinski definition) is 2. The van der Waals surface area contributed by atoms with Crippen molar-refractivity contribution < 1.29 is 13.5 Å². The number of fused-ring (bicyclic) bond motifs is 1. The summed E-state index contributed by atoms with van der Waals surface area (Å²) < 4.78 is 32.3. The van der Waals surface area contributed by atoms with Crippen LogP contribution in [-0.4, -0.2) is 12.1 Å². The first-order valence-electron chi connectivity index (χ1n) is 5.50. The molecule has 1 aromatic carbocycles. The molecule has 1 aromatic rings. The van der Waals surface area contributed by atoms with E-state index >= 15 is 0 Å². The SMILES string of the molecule is NC1(Cc2c(F)cc(F)c3c2CCO3)CC1. The van der Waals surface area contributed by atoms with Gasteiger partial charge in [-0.3, -0.25) is 0 Å². The topological polar surface area (TPSA) is 35.2 Å². The summed E-state index contributed by atoms with van der Waals surface area (Å²) in [5.41, 5.74) is 6.93. The Kier molecular flexibility index (Phi) is 1.98. The molecule has 0 amide bonds. The lowest BCUT2D eigenvalue weighted by atomic mass is 9.97. The lowest BCUT2D eigenvalue weighted by Gasteiger charge is -2.13. The quantitative estimate of drug-likeness (QED) is 0.834. The Bertz CT molecular complexity index is 455. The van der Waals surface area contributed by atoms with Gasteiger partial charge in [0.05, 0.1) is 6.61 Å². The largest absolute Gasteiger partial charge is 0.490 e. The van der Waals surface area contributed by atoms with Crippen LogP contribution in [-0.2, 0) is 12.8 Å². The number of benzene rings is 1. The lowest BCUT2D eigenvalue weighted by molar-refractivity contribution is 0.338. The van der Waals surface area contributed by atoms with E-state index < -0.39 is 11.6 Å². The molecule has 0 radical (unpaired) electrons. The lowest BCUT2D eigenvalue weighted by Crippen LogP contribution is -2.25. The number of hydrogen-bond donors (Lipinski definition) is 1. The summed E-state index contributed by atoms with van der Waals surface area (Å²) in [6, 6.07) is 0.908. The fraction of sp³-hybridized carbons (Fsp3) is 0.500. The first-order valence-corrected chi connectivity index (χ1v) is 5.50. The molecule has 0 bridgehead atoms. The van der Waals surface area contributed by atoms with E-state index in [1.54, 1.807) is 0 Å². The van der Waals surface area contributed by atoms with Gasteiger partial charge in [0, 0.05) is 23.6 Å². The van der Waals surface area contributed by atoms with Crippen LogP contribution in [0.4, 0.5) is 8.78 Å². The number of ether oxygens (including phenoxy) is 1. The summed E-state index contributed by atoms with van der Waals surface area (Å²) in [4.78, 5) is 0. The minimum atomic E-state index is -0.601. The zero-order chi connectivity index (χ0) is 11.3. The number of rotatable bonds is 2. The van der Waals surface area contributed by atoms with Crippen LogP contribution in [0.25, 0.3) is 0 Å². The summed E-state index contributed by atoms with van der Waals surface area (Å²) in [5, 5.41) is 0. The molecule has 2 nitrogen and oxygen atoms in total. The Morgan fingerprint density at radius 2 is 2.06 bits per heavy atom. The van der Waals surface area contributed by atoms with Crippen molar-refractivity contribution in [2.24, 2.45) is 5.73 Å². The maximum Gasteiger partial charge on any atom is 0.168 e. The van der Waals surface area contributed by atoms with Crippen molar-refractivity contribution in [3.8, 4) is 5.75 Å². The van der Waals surface area contributed by atoms with Gasteiger partial charge in [0.2, 0.25) is 0 Å². The fourth-order valence-corrected chi connectivity index (χ4v) is 2.25. The molecule has 1 aliphatic carbocycles. The Hall–Kier alpha value is -1.16. The summed E-state index contributed by atoms with van der Waals surface area (Å²) in [7, 11) is 0. The molecule has 0 spiro atoms. The van der Waals surface area contributed by atoms with E-state index in [4.69, 9.17) is 10.5 Å². The van der Waals surface area contributed by atoms with Gasteiger partial charge < -0.3 is 10.5 Å². The molecule has 1 saturated carbocycles. The molecule has 4 heteroatoms. The van der Waals surface area contributed by atoms with Crippen LogP contribution < -0.4 is 10.5 Å². The summed E-state index contributed by atoms with van der Waals surface area (Å²) in [6.07, 6.45) is 2.90. The average Bonchev–Trinajstić information content (AvgIpc) is 2.79. The van der Waals surface area contributed by atoms with Crippen LogP contribution in [0, 0.1) is 11.6 Å². The Morgan fingerprint density at radius 3 is 2.75 bits per heavy atom. The van der Waals surface area contributed by atoms with E-state index in [9.17, 15) is 8.78 Å². The average molecular weight is 225 g/mol. The van der Waals surface area contributed by atoms with Gasteiger partial charge >= 0.3 is 0 Å². The molecule has 1 aliphatic heterocycles. The zero-order valence-electron chi connectivity index (χ0n) is 8.85. The highest BCUT2D eigenvalue weighted by Crippen LogP contribution is 2.40. The standard InChI is InChI=1S/C12H13F2NO/c13-9-5-10(14)11-7(1-4-16-11)8(9)6-12(15)2-3-12/h5H,1-4,6,15H2. The van der Waals surface area contributed by atoms with Crippen molar-refractivity contribution in [3.05, 3.63) is 28.8 Å². The highest BCUT2D eigenvalue weighted by Gasteiger charge is 2.40. The maximum absolute atomic E-state index is 13.7. The zero-order valence-corrected chi connectivity index (χ0v) is 8.85. The van der Waals surface area contributed by atoms with Crippen LogP contribution in [0.5, 0.6) is 5.75 Å². The highest BCUT2D eigenvalue weighted by atomic mass is 19.1. The predicted octanol–water partition coefficient (Wildman–Crippen LogP) is 1.93. The molecule has 0 unspecified atom stereocenters. The second-order valence-corrected chi connectivity index (χ2v) is 4.76. The van der Waals surface area contributed by atoms with Crippen molar-refractivity contribution in [1.82, 2.24) is 0 Å². The van der Waals surface area contributed by atoms with Crippen molar-refractivity contribution in [2.45, 2.75) is 31.2 Å². The Labute approximate surface area is 92.4 Å². The smallest absolute Gasteiger partial charge is 0.168 e. The van der Waals surface area contributed by atoms with Gasteiger partial charge in [-0.15, -0.1) is 0 Å². The molecular weight excluding hydrogens is 212 g/mol. The number of nitrogens with two attached hydrogens (primary N) is 1. The van der Waals surface area contributed by atoms with Gasteiger partial charge in [-0.05, 0) is 24.8 Å². The van der Waals surface area contributed by atoms with Crippen molar-refractivity contribution in [2.75, 3.05) is 6.61 Å². The van der Waals surface area contributed by atoms with Gasteiger partial charge in [-0.2, -0.15) is 0 Å². The third-order valence-corrected chi connectivity index (χ3v) is 3.42. The molecule has 3 rings (SSSR count).